The Kier molecular flexibility index (Phi) is 9.45. The maximum absolute atomic E-state index is 12.6. The van der Waals surface area contributed by atoms with Crippen molar-refractivity contribution in [2.75, 3.05) is 33.7 Å². The standard InChI is InChI=1S/C22H41N5O/c1-6-27(21(28)12-7-17(2)3)20-10-8-18(9-11-20)22-19(15-24-25-22)16-26(5)14-13-23-4/h15,17-18,20,23H,6-14,16H2,1-5H3,(H,24,25). The van der Waals surface area contributed by atoms with Gasteiger partial charge in [-0.2, -0.15) is 5.10 Å². The number of likely N-dealkylation sites (N-methyl/N-ethyl adjacent to an activating group) is 2. The summed E-state index contributed by atoms with van der Waals surface area (Å²) in [4.78, 5) is 17.1. The first-order valence-electron chi connectivity index (χ1n) is 11.1. The molecular formula is C22H41N5O. The zero-order valence-corrected chi connectivity index (χ0v) is 18.6. The summed E-state index contributed by atoms with van der Waals surface area (Å²) in [6, 6.07) is 0.408. The number of amides is 1. The van der Waals surface area contributed by atoms with Gasteiger partial charge in [-0.15, -0.1) is 0 Å². The lowest BCUT2D eigenvalue weighted by Gasteiger charge is -2.36. The summed E-state index contributed by atoms with van der Waals surface area (Å²) in [5.74, 6) is 1.47. The zero-order chi connectivity index (χ0) is 20.5. The van der Waals surface area contributed by atoms with E-state index in [1.54, 1.807) is 0 Å². The Morgan fingerprint density at radius 3 is 2.64 bits per heavy atom. The van der Waals surface area contributed by atoms with Gasteiger partial charge in [0.15, 0.2) is 0 Å². The van der Waals surface area contributed by atoms with Gasteiger partial charge in [0.2, 0.25) is 5.91 Å². The van der Waals surface area contributed by atoms with Crippen LogP contribution in [0.4, 0.5) is 0 Å². The molecule has 1 heterocycles. The van der Waals surface area contributed by atoms with E-state index in [4.69, 9.17) is 0 Å². The maximum atomic E-state index is 12.6. The van der Waals surface area contributed by atoms with Gasteiger partial charge < -0.3 is 15.1 Å². The van der Waals surface area contributed by atoms with Crippen LogP contribution in [-0.2, 0) is 11.3 Å². The summed E-state index contributed by atoms with van der Waals surface area (Å²) in [6.07, 6.45) is 8.13. The number of carbonyl (C=O) groups excluding carboxylic acids is 1. The lowest BCUT2D eigenvalue weighted by Crippen LogP contribution is -2.42. The highest BCUT2D eigenvalue weighted by Gasteiger charge is 2.30. The first-order valence-corrected chi connectivity index (χ1v) is 11.1. The van der Waals surface area contributed by atoms with E-state index in [-0.39, 0.29) is 0 Å². The van der Waals surface area contributed by atoms with Crippen molar-refractivity contribution in [3.63, 3.8) is 0 Å². The van der Waals surface area contributed by atoms with Crippen LogP contribution in [0.25, 0.3) is 0 Å². The van der Waals surface area contributed by atoms with Crippen molar-refractivity contribution in [3.8, 4) is 0 Å². The van der Waals surface area contributed by atoms with Crippen molar-refractivity contribution in [3.05, 3.63) is 17.5 Å². The molecule has 0 bridgehead atoms. The molecule has 6 nitrogen and oxygen atoms in total. The first kappa shape index (κ1) is 22.9. The molecule has 6 heteroatoms. The molecule has 0 spiro atoms. The second kappa shape index (κ2) is 11.6. The van der Waals surface area contributed by atoms with Gasteiger partial charge in [-0.05, 0) is 59.0 Å². The molecule has 1 aliphatic carbocycles. The predicted molar refractivity (Wildman–Crippen MR) is 115 cm³/mol. The van der Waals surface area contributed by atoms with Crippen molar-refractivity contribution in [1.82, 2.24) is 25.3 Å². The molecule has 1 aromatic rings. The molecule has 1 saturated carbocycles. The van der Waals surface area contributed by atoms with Crippen molar-refractivity contribution in [2.45, 2.75) is 77.8 Å². The lowest BCUT2D eigenvalue weighted by atomic mass is 9.82. The molecule has 0 radical (unpaired) electrons. The van der Waals surface area contributed by atoms with Crippen molar-refractivity contribution < 1.29 is 4.79 Å². The largest absolute Gasteiger partial charge is 0.340 e. The van der Waals surface area contributed by atoms with Crippen LogP contribution < -0.4 is 5.32 Å². The smallest absolute Gasteiger partial charge is 0.222 e. The normalized spacial score (nSPS) is 20.1. The third-order valence-corrected chi connectivity index (χ3v) is 6.08. The molecule has 160 valence electrons. The molecule has 1 aliphatic rings. The second-order valence-electron chi connectivity index (χ2n) is 8.77. The van der Waals surface area contributed by atoms with Gasteiger partial charge in [-0.1, -0.05) is 13.8 Å². The average Bonchev–Trinajstić information content (AvgIpc) is 3.13. The molecule has 1 amide bonds. The first-order chi connectivity index (χ1) is 13.5. The van der Waals surface area contributed by atoms with Gasteiger partial charge in [-0.3, -0.25) is 9.89 Å². The number of hydrogen-bond acceptors (Lipinski definition) is 4. The van der Waals surface area contributed by atoms with Crippen LogP contribution in [0, 0.1) is 5.92 Å². The highest BCUT2D eigenvalue weighted by Crippen LogP contribution is 2.35. The quantitative estimate of drug-likeness (QED) is 0.607. The number of carbonyl (C=O) groups is 1. The Morgan fingerprint density at radius 1 is 1.32 bits per heavy atom. The molecule has 0 unspecified atom stereocenters. The third-order valence-electron chi connectivity index (χ3n) is 6.08. The van der Waals surface area contributed by atoms with E-state index >= 15 is 0 Å². The monoisotopic (exact) mass is 391 g/mol. The Bertz CT molecular complexity index is 577. The summed E-state index contributed by atoms with van der Waals surface area (Å²) in [5.41, 5.74) is 2.63. The van der Waals surface area contributed by atoms with Crippen molar-refractivity contribution in [2.24, 2.45) is 5.92 Å². The lowest BCUT2D eigenvalue weighted by molar-refractivity contribution is -0.134. The Balaban J connectivity index is 1.89. The fourth-order valence-corrected chi connectivity index (χ4v) is 4.34. The minimum Gasteiger partial charge on any atom is -0.340 e. The highest BCUT2D eigenvalue weighted by atomic mass is 16.2. The number of aromatic nitrogens is 2. The molecule has 28 heavy (non-hydrogen) atoms. The summed E-state index contributed by atoms with van der Waals surface area (Å²) in [5, 5.41) is 10.8. The van der Waals surface area contributed by atoms with E-state index in [0.717, 1.165) is 58.3 Å². The summed E-state index contributed by atoms with van der Waals surface area (Å²) < 4.78 is 0. The number of nitrogens with one attached hydrogen (secondary N) is 2. The Morgan fingerprint density at radius 2 is 2.04 bits per heavy atom. The number of nitrogens with zero attached hydrogens (tertiary/aromatic N) is 3. The number of H-pyrrole nitrogens is 1. The summed E-state index contributed by atoms with van der Waals surface area (Å²) in [6.45, 7) is 10.3. The second-order valence-corrected chi connectivity index (χ2v) is 8.77. The van der Waals surface area contributed by atoms with Crippen molar-refractivity contribution in [1.29, 1.82) is 0 Å². The van der Waals surface area contributed by atoms with Crippen LogP contribution in [0.2, 0.25) is 0 Å². The van der Waals surface area contributed by atoms with Crippen LogP contribution in [0.5, 0.6) is 0 Å². The van der Waals surface area contributed by atoms with E-state index in [1.165, 1.54) is 11.3 Å². The minimum absolute atomic E-state index is 0.341. The van der Waals surface area contributed by atoms with Crippen LogP contribution in [0.3, 0.4) is 0 Å². The summed E-state index contributed by atoms with van der Waals surface area (Å²) in [7, 11) is 4.15. The highest BCUT2D eigenvalue weighted by molar-refractivity contribution is 5.76. The predicted octanol–water partition coefficient (Wildman–Crippen LogP) is 3.37. The molecule has 0 aliphatic heterocycles. The molecule has 0 aromatic carbocycles. The summed E-state index contributed by atoms with van der Waals surface area (Å²) >= 11 is 0. The van der Waals surface area contributed by atoms with Crippen LogP contribution >= 0.6 is 0 Å². The fourth-order valence-electron chi connectivity index (χ4n) is 4.34. The molecule has 0 saturated heterocycles. The SMILES string of the molecule is CCN(C(=O)CCC(C)C)C1CCC(c2[nH]ncc2CN(C)CCNC)CC1. The Labute approximate surface area is 171 Å². The van der Waals surface area contributed by atoms with Crippen molar-refractivity contribution >= 4 is 5.91 Å². The number of aromatic amines is 1. The fraction of sp³-hybridized carbons (Fsp3) is 0.818. The average molecular weight is 392 g/mol. The Hall–Kier alpha value is -1.40. The molecule has 2 N–H and O–H groups in total. The topological polar surface area (TPSA) is 64.3 Å². The van der Waals surface area contributed by atoms with E-state index in [0.29, 0.717) is 30.2 Å². The zero-order valence-electron chi connectivity index (χ0n) is 18.6. The minimum atomic E-state index is 0.341. The maximum Gasteiger partial charge on any atom is 0.222 e. The van der Waals surface area contributed by atoms with Crippen LogP contribution in [0.15, 0.2) is 6.20 Å². The van der Waals surface area contributed by atoms with Gasteiger partial charge in [0.1, 0.15) is 0 Å². The van der Waals surface area contributed by atoms with Crippen LogP contribution in [0.1, 0.15) is 76.5 Å². The molecule has 1 fully saturated rings. The number of rotatable bonds is 11. The van der Waals surface area contributed by atoms with Gasteiger partial charge in [-0.25, -0.2) is 0 Å². The number of hydrogen-bond donors (Lipinski definition) is 2. The van der Waals surface area contributed by atoms with Gasteiger partial charge in [0.25, 0.3) is 0 Å². The van der Waals surface area contributed by atoms with Gasteiger partial charge in [0.05, 0.1) is 6.20 Å². The van der Waals surface area contributed by atoms with Crippen LogP contribution in [-0.4, -0.2) is 65.7 Å². The van der Waals surface area contributed by atoms with E-state index in [1.807, 2.05) is 13.2 Å². The third kappa shape index (κ3) is 6.59. The van der Waals surface area contributed by atoms with Gasteiger partial charge in [0, 0.05) is 55.8 Å². The molecule has 1 aromatic heterocycles. The molecule has 0 atom stereocenters. The molecular weight excluding hydrogens is 350 g/mol. The van der Waals surface area contributed by atoms with E-state index in [9.17, 15) is 4.79 Å². The molecule has 2 rings (SSSR count). The van der Waals surface area contributed by atoms with E-state index in [2.05, 4.69) is 53.1 Å². The van der Waals surface area contributed by atoms with E-state index < -0.39 is 0 Å². The van der Waals surface area contributed by atoms with Gasteiger partial charge >= 0.3 is 0 Å².